The minimum Gasteiger partial charge on any atom is -0.502 e. The Kier molecular flexibility index (Phi) is 4.95. The van der Waals surface area contributed by atoms with Crippen LogP contribution in [0.25, 0.3) is 0 Å². The maximum Gasteiger partial charge on any atom is 0.295 e. The molecular weight excluding hydrogens is 398 g/mol. The number of sulfone groups is 1. The SMILES string of the molecule is Cc1ccc([C@H]2C(S(=O)(=O)c3ccccc3)=C(O)C(=O)N2c2ccc(C)cc2)cc1. The highest BCUT2D eigenvalue weighted by Crippen LogP contribution is 2.44. The summed E-state index contributed by atoms with van der Waals surface area (Å²) in [5.74, 6) is -1.48. The number of carbonyl (C=O) groups is 1. The number of anilines is 1. The van der Waals surface area contributed by atoms with E-state index in [1.54, 1.807) is 42.5 Å². The highest BCUT2D eigenvalue weighted by Gasteiger charge is 2.47. The number of amides is 1. The summed E-state index contributed by atoms with van der Waals surface area (Å²) in [6, 6.07) is 21.4. The first kappa shape index (κ1) is 19.9. The van der Waals surface area contributed by atoms with Gasteiger partial charge in [0.1, 0.15) is 10.9 Å². The Bertz CT molecular complexity index is 1230. The smallest absolute Gasteiger partial charge is 0.295 e. The molecule has 0 bridgehead atoms. The molecule has 1 N–H and O–H groups in total. The molecule has 1 atom stereocenters. The Balaban J connectivity index is 1.94. The molecule has 1 heterocycles. The Labute approximate surface area is 175 Å². The summed E-state index contributed by atoms with van der Waals surface area (Å²) in [5.41, 5.74) is 3.13. The zero-order chi connectivity index (χ0) is 21.5. The van der Waals surface area contributed by atoms with E-state index in [1.165, 1.54) is 17.0 Å². The normalized spacial score (nSPS) is 16.9. The summed E-state index contributed by atoms with van der Waals surface area (Å²) in [7, 11) is -4.11. The van der Waals surface area contributed by atoms with Crippen LogP contribution in [0.5, 0.6) is 0 Å². The Morgan fingerprint density at radius 2 is 1.33 bits per heavy atom. The van der Waals surface area contributed by atoms with Gasteiger partial charge in [-0.25, -0.2) is 8.42 Å². The van der Waals surface area contributed by atoms with Crippen molar-refractivity contribution in [3.05, 3.63) is 106 Å². The van der Waals surface area contributed by atoms with Crippen molar-refractivity contribution in [1.29, 1.82) is 0 Å². The number of aliphatic hydroxyl groups is 1. The average Bonchev–Trinajstić information content (AvgIpc) is 3.01. The van der Waals surface area contributed by atoms with Crippen molar-refractivity contribution in [3.63, 3.8) is 0 Å². The molecule has 3 aromatic rings. The lowest BCUT2D eigenvalue weighted by Crippen LogP contribution is -2.31. The lowest BCUT2D eigenvalue weighted by Gasteiger charge is -2.27. The number of hydrogen-bond donors (Lipinski definition) is 1. The van der Waals surface area contributed by atoms with Crippen LogP contribution in [0.15, 0.2) is 94.4 Å². The van der Waals surface area contributed by atoms with Gasteiger partial charge in [0.05, 0.1) is 4.90 Å². The minimum atomic E-state index is -4.11. The molecule has 5 nitrogen and oxygen atoms in total. The molecule has 6 heteroatoms. The average molecular weight is 420 g/mol. The van der Waals surface area contributed by atoms with Crippen molar-refractivity contribution < 1.29 is 18.3 Å². The van der Waals surface area contributed by atoms with Crippen LogP contribution in [0, 0.1) is 13.8 Å². The van der Waals surface area contributed by atoms with E-state index < -0.39 is 27.5 Å². The fourth-order valence-electron chi connectivity index (χ4n) is 3.61. The third kappa shape index (κ3) is 3.29. The molecule has 152 valence electrons. The summed E-state index contributed by atoms with van der Waals surface area (Å²) in [6.07, 6.45) is 0. The highest BCUT2D eigenvalue weighted by atomic mass is 32.2. The number of hydrogen-bond acceptors (Lipinski definition) is 4. The Hall–Kier alpha value is -3.38. The maximum absolute atomic E-state index is 13.5. The van der Waals surface area contributed by atoms with E-state index >= 15 is 0 Å². The van der Waals surface area contributed by atoms with Gasteiger partial charge >= 0.3 is 0 Å². The second kappa shape index (κ2) is 7.46. The van der Waals surface area contributed by atoms with E-state index in [0.717, 1.165) is 11.1 Å². The van der Waals surface area contributed by atoms with Gasteiger partial charge in [-0.15, -0.1) is 0 Å². The van der Waals surface area contributed by atoms with E-state index in [-0.39, 0.29) is 9.80 Å². The Morgan fingerprint density at radius 1 is 0.800 bits per heavy atom. The number of aliphatic hydroxyl groups excluding tert-OH is 1. The van der Waals surface area contributed by atoms with Crippen LogP contribution in [0.3, 0.4) is 0 Å². The van der Waals surface area contributed by atoms with Gasteiger partial charge in [-0.2, -0.15) is 0 Å². The van der Waals surface area contributed by atoms with Gasteiger partial charge in [0, 0.05) is 5.69 Å². The van der Waals surface area contributed by atoms with Crippen LogP contribution in [0.1, 0.15) is 22.7 Å². The van der Waals surface area contributed by atoms with E-state index in [4.69, 9.17) is 0 Å². The monoisotopic (exact) mass is 419 g/mol. The molecule has 30 heavy (non-hydrogen) atoms. The van der Waals surface area contributed by atoms with Crippen molar-refractivity contribution in [2.24, 2.45) is 0 Å². The van der Waals surface area contributed by atoms with E-state index in [9.17, 15) is 18.3 Å². The van der Waals surface area contributed by atoms with Crippen LogP contribution in [0.2, 0.25) is 0 Å². The molecule has 0 aliphatic carbocycles. The Morgan fingerprint density at radius 3 is 1.90 bits per heavy atom. The molecule has 0 radical (unpaired) electrons. The van der Waals surface area contributed by atoms with Gasteiger partial charge in [0.15, 0.2) is 5.76 Å². The highest BCUT2D eigenvalue weighted by molar-refractivity contribution is 7.95. The number of rotatable bonds is 4. The first-order chi connectivity index (χ1) is 14.3. The molecule has 1 aliphatic rings. The van der Waals surface area contributed by atoms with Gasteiger partial charge in [0.2, 0.25) is 9.84 Å². The van der Waals surface area contributed by atoms with Crippen molar-refractivity contribution >= 4 is 21.4 Å². The molecule has 4 rings (SSSR count). The molecule has 0 fully saturated rings. The lowest BCUT2D eigenvalue weighted by atomic mass is 10.0. The zero-order valence-corrected chi connectivity index (χ0v) is 17.4. The minimum absolute atomic E-state index is 0.0298. The fourth-order valence-corrected chi connectivity index (χ4v) is 5.25. The van der Waals surface area contributed by atoms with E-state index in [1.807, 2.05) is 38.1 Å². The third-order valence-electron chi connectivity index (χ3n) is 5.21. The molecule has 0 saturated heterocycles. The number of carbonyl (C=O) groups excluding carboxylic acids is 1. The predicted molar refractivity (Wildman–Crippen MR) is 116 cm³/mol. The topological polar surface area (TPSA) is 74.7 Å². The van der Waals surface area contributed by atoms with Crippen molar-refractivity contribution in [3.8, 4) is 0 Å². The first-order valence-electron chi connectivity index (χ1n) is 9.51. The largest absolute Gasteiger partial charge is 0.502 e. The summed E-state index contributed by atoms with van der Waals surface area (Å²) in [6.45, 7) is 3.85. The van der Waals surface area contributed by atoms with Crippen LogP contribution in [-0.4, -0.2) is 19.4 Å². The molecule has 0 saturated carbocycles. The molecule has 1 amide bonds. The number of benzene rings is 3. The molecule has 0 unspecified atom stereocenters. The van der Waals surface area contributed by atoms with Crippen LogP contribution < -0.4 is 4.90 Å². The summed E-state index contributed by atoms with van der Waals surface area (Å²) in [5, 5.41) is 10.7. The van der Waals surface area contributed by atoms with E-state index in [0.29, 0.717) is 11.3 Å². The maximum atomic E-state index is 13.5. The molecule has 0 aromatic heterocycles. The van der Waals surface area contributed by atoms with E-state index in [2.05, 4.69) is 0 Å². The van der Waals surface area contributed by atoms with Crippen molar-refractivity contribution in [2.75, 3.05) is 4.90 Å². The molecular formula is C24H21NO4S. The zero-order valence-electron chi connectivity index (χ0n) is 16.6. The van der Waals surface area contributed by atoms with Gasteiger partial charge in [0.25, 0.3) is 5.91 Å². The van der Waals surface area contributed by atoms with Gasteiger partial charge in [-0.05, 0) is 43.7 Å². The van der Waals surface area contributed by atoms with Gasteiger partial charge < -0.3 is 5.11 Å². The molecule has 1 aliphatic heterocycles. The van der Waals surface area contributed by atoms with Crippen molar-refractivity contribution in [2.45, 2.75) is 24.8 Å². The quantitative estimate of drug-likeness (QED) is 0.669. The van der Waals surface area contributed by atoms with Crippen LogP contribution >= 0.6 is 0 Å². The number of nitrogens with zero attached hydrogens (tertiary/aromatic N) is 1. The van der Waals surface area contributed by atoms with Crippen LogP contribution in [-0.2, 0) is 14.6 Å². The molecule has 0 spiro atoms. The third-order valence-corrected chi connectivity index (χ3v) is 7.10. The second-order valence-electron chi connectivity index (χ2n) is 7.35. The lowest BCUT2D eigenvalue weighted by molar-refractivity contribution is -0.117. The van der Waals surface area contributed by atoms with Crippen LogP contribution in [0.4, 0.5) is 5.69 Å². The molecule has 3 aromatic carbocycles. The van der Waals surface area contributed by atoms with Gasteiger partial charge in [-0.3, -0.25) is 9.69 Å². The summed E-state index contributed by atoms with van der Waals surface area (Å²) < 4.78 is 27.0. The second-order valence-corrected chi connectivity index (χ2v) is 9.27. The first-order valence-corrected chi connectivity index (χ1v) is 11.0. The number of aryl methyl sites for hydroxylation is 2. The summed E-state index contributed by atoms with van der Waals surface area (Å²) in [4.78, 5) is 14.2. The predicted octanol–water partition coefficient (Wildman–Crippen LogP) is 4.63. The van der Waals surface area contributed by atoms with Crippen molar-refractivity contribution in [1.82, 2.24) is 0 Å². The van der Waals surface area contributed by atoms with Gasteiger partial charge in [-0.1, -0.05) is 65.7 Å². The standard InChI is InChI=1S/C24H21NO4S/c1-16-8-12-18(13-9-16)21-23(30(28,29)20-6-4-3-5-7-20)22(26)24(27)25(21)19-14-10-17(2)11-15-19/h3-15,21,26H,1-2H3/t21-/m0/s1. The summed E-state index contributed by atoms with van der Waals surface area (Å²) >= 11 is 0. The fraction of sp³-hybridized carbons (Fsp3) is 0.125.